The smallest absolute Gasteiger partial charge is 0.260 e. The second kappa shape index (κ2) is 8.93. The molecule has 3 aromatic rings. The van der Waals surface area contributed by atoms with Crippen molar-refractivity contribution >= 4 is 32.6 Å². The molecule has 1 amide bonds. The van der Waals surface area contributed by atoms with Gasteiger partial charge in [0.2, 0.25) is 0 Å². The zero-order valence-corrected chi connectivity index (χ0v) is 17.7. The van der Waals surface area contributed by atoms with E-state index >= 15 is 0 Å². The molecule has 1 aliphatic rings. The first kappa shape index (κ1) is 19.9. The minimum Gasteiger partial charge on any atom is -0.494 e. The Morgan fingerprint density at radius 3 is 2.76 bits per heavy atom. The SMILES string of the molecule is CCOc1ccc(C(=O)N(CC2CCCO2)c2nc3c(CC)cccc3s2)cc1. The Hall–Kier alpha value is -2.44. The molecule has 2 heterocycles. The molecule has 0 spiro atoms. The van der Waals surface area contributed by atoms with E-state index in [9.17, 15) is 4.79 Å². The van der Waals surface area contributed by atoms with Gasteiger partial charge in [0.05, 0.1) is 29.5 Å². The number of carbonyl (C=O) groups is 1. The van der Waals surface area contributed by atoms with Crippen molar-refractivity contribution in [3.8, 4) is 5.75 Å². The van der Waals surface area contributed by atoms with Crippen LogP contribution in [0.2, 0.25) is 0 Å². The van der Waals surface area contributed by atoms with E-state index in [0.29, 0.717) is 18.7 Å². The summed E-state index contributed by atoms with van der Waals surface area (Å²) in [6.45, 7) is 5.95. The van der Waals surface area contributed by atoms with E-state index in [0.717, 1.165) is 47.0 Å². The number of aryl methyl sites for hydroxylation is 1. The van der Waals surface area contributed by atoms with Crippen LogP contribution in [0.15, 0.2) is 42.5 Å². The minimum absolute atomic E-state index is 0.0549. The summed E-state index contributed by atoms with van der Waals surface area (Å²) in [5.41, 5.74) is 2.82. The summed E-state index contributed by atoms with van der Waals surface area (Å²) in [4.78, 5) is 20.1. The second-order valence-corrected chi connectivity index (χ2v) is 8.13. The van der Waals surface area contributed by atoms with E-state index in [1.165, 1.54) is 5.56 Å². The minimum atomic E-state index is -0.0550. The van der Waals surface area contributed by atoms with Gasteiger partial charge in [0.15, 0.2) is 5.13 Å². The molecule has 2 aromatic carbocycles. The molecule has 6 heteroatoms. The highest BCUT2D eigenvalue weighted by molar-refractivity contribution is 7.22. The zero-order chi connectivity index (χ0) is 20.2. The van der Waals surface area contributed by atoms with E-state index in [1.54, 1.807) is 16.2 Å². The third-order valence-corrected chi connectivity index (χ3v) is 6.21. The van der Waals surface area contributed by atoms with Gasteiger partial charge < -0.3 is 9.47 Å². The average molecular weight is 411 g/mol. The molecule has 1 aliphatic heterocycles. The molecule has 152 valence electrons. The van der Waals surface area contributed by atoms with Gasteiger partial charge in [-0.05, 0) is 62.1 Å². The monoisotopic (exact) mass is 410 g/mol. The third kappa shape index (κ3) is 4.28. The summed E-state index contributed by atoms with van der Waals surface area (Å²) in [6.07, 6.45) is 2.98. The van der Waals surface area contributed by atoms with Crippen LogP contribution in [-0.4, -0.2) is 36.8 Å². The van der Waals surface area contributed by atoms with Gasteiger partial charge in [0.1, 0.15) is 5.75 Å². The lowest BCUT2D eigenvalue weighted by Crippen LogP contribution is -2.37. The fraction of sp³-hybridized carbons (Fsp3) is 0.391. The highest BCUT2D eigenvalue weighted by atomic mass is 32.1. The Morgan fingerprint density at radius 2 is 2.07 bits per heavy atom. The van der Waals surface area contributed by atoms with Crippen molar-refractivity contribution in [2.45, 2.75) is 39.2 Å². The summed E-state index contributed by atoms with van der Waals surface area (Å²) in [5, 5.41) is 0.732. The predicted molar refractivity (Wildman–Crippen MR) is 117 cm³/mol. The molecular formula is C23H26N2O3S. The number of carbonyl (C=O) groups excluding carboxylic acids is 1. The topological polar surface area (TPSA) is 51.7 Å². The number of hydrogen-bond acceptors (Lipinski definition) is 5. The number of thiazole rings is 1. The highest BCUT2D eigenvalue weighted by Crippen LogP contribution is 2.33. The van der Waals surface area contributed by atoms with Crippen LogP contribution < -0.4 is 9.64 Å². The fourth-order valence-corrected chi connectivity index (χ4v) is 4.67. The van der Waals surface area contributed by atoms with Crippen molar-refractivity contribution < 1.29 is 14.3 Å². The van der Waals surface area contributed by atoms with Crippen molar-refractivity contribution in [1.29, 1.82) is 0 Å². The maximum Gasteiger partial charge on any atom is 0.260 e. The number of anilines is 1. The number of amides is 1. The maximum atomic E-state index is 13.4. The Morgan fingerprint density at radius 1 is 1.24 bits per heavy atom. The normalized spacial score (nSPS) is 16.3. The van der Waals surface area contributed by atoms with Crippen molar-refractivity contribution in [2.24, 2.45) is 0 Å². The lowest BCUT2D eigenvalue weighted by Gasteiger charge is -2.23. The number of ether oxygens (including phenoxy) is 2. The van der Waals surface area contributed by atoms with Crippen LogP contribution in [0.3, 0.4) is 0 Å². The van der Waals surface area contributed by atoms with E-state index in [1.807, 2.05) is 31.2 Å². The van der Waals surface area contributed by atoms with Gasteiger partial charge in [-0.2, -0.15) is 0 Å². The van der Waals surface area contributed by atoms with E-state index < -0.39 is 0 Å². The largest absolute Gasteiger partial charge is 0.494 e. The molecule has 1 aromatic heterocycles. The molecule has 4 rings (SSSR count). The first-order chi connectivity index (χ1) is 14.2. The van der Waals surface area contributed by atoms with Crippen LogP contribution in [0.4, 0.5) is 5.13 Å². The lowest BCUT2D eigenvalue weighted by molar-refractivity contribution is 0.0917. The Bertz CT molecular complexity index is 977. The Labute approximate surface area is 175 Å². The molecule has 0 radical (unpaired) electrons. The number of fused-ring (bicyclic) bond motifs is 1. The number of benzene rings is 2. The van der Waals surface area contributed by atoms with Gasteiger partial charge in [-0.25, -0.2) is 4.98 Å². The van der Waals surface area contributed by atoms with Crippen LogP contribution in [-0.2, 0) is 11.2 Å². The summed E-state index contributed by atoms with van der Waals surface area (Å²) in [5.74, 6) is 0.711. The molecule has 29 heavy (non-hydrogen) atoms. The van der Waals surface area contributed by atoms with Gasteiger partial charge >= 0.3 is 0 Å². The molecule has 0 bridgehead atoms. The van der Waals surface area contributed by atoms with Crippen LogP contribution in [0, 0.1) is 0 Å². The zero-order valence-electron chi connectivity index (χ0n) is 16.9. The molecule has 0 saturated carbocycles. The van der Waals surface area contributed by atoms with Crippen LogP contribution >= 0.6 is 11.3 Å². The van der Waals surface area contributed by atoms with E-state index in [-0.39, 0.29) is 12.0 Å². The number of rotatable bonds is 7. The molecule has 1 unspecified atom stereocenters. The summed E-state index contributed by atoms with van der Waals surface area (Å²) >= 11 is 1.57. The van der Waals surface area contributed by atoms with Gasteiger partial charge in [-0.1, -0.05) is 30.4 Å². The van der Waals surface area contributed by atoms with Crippen LogP contribution in [0.25, 0.3) is 10.2 Å². The fourth-order valence-electron chi connectivity index (χ4n) is 3.65. The number of aromatic nitrogens is 1. The van der Waals surface area contributed by atoms with Gasteiger partial charge in [0, 0.05) is 12.2 Å². The van der Waals surface area contributed by atoms with Gasteiger partial charge in [-0.3, -0.25) is 9.69 Å². The Balaban J connectivity index is 1.68. The number of nitrogens with zero attached hydrogens (tertiary/aromatic N) is 2. The highest BCUT2D eigenvalue weighted by Gasteiger charge is 2.27. The molecule has 0 N–H and O–H groups in total. The average Bonchev–Trinajstić information content (AvgIpc) is 3.41. The molecule has 1 fully saturated rings. The lowest BCUT2D eigenvalue weighted by atomic mass is 10.1. The van der Waals surface area contributed by atoms with Crippen LogP contribution in [0.5, 0.6) is 5.75 Å². The third-order valence-electron chi connectivity index (χ3n) is 5.17. The Kier molecular flexibility index (Phi) is 6.11. The van der Waals surface area contributed by atoms with Crippen molar-refractivity contribution in [3.63, 3.8) is 0 Å². The molecule has 1 saturated heterocycles. The predicted octanol–water partition coefficient (Wildman–Crippen LogP) is 5.08. The van der Waals surface area contributed by atoms with Gasteiger partial charge in [0.25, 0.3) is 5.91 Å². The second-order valence-electron chi connectivity index (χ2n) is 7.12. The van der Waals surface area contributed by atoms with E-state index in [2.05, 4.69) is 25.1 Å². The van der Waals surface area contributed by atoms with E-state index in [4.69, 9.17) is 14.5 Å². The van der Waals surface area contributed by atoms with Crippen molar-refractivity contribution in [3.05, 3.63) is 53.6 Å². The van der Waals surface area contributed by atoms with Crippen molar-refractivity contribution in [2.75, 3.05) is 24.7 Å². The summed E-state index contributed by atoms with van der Waals surface area (Å²) < 4.78 is 12.4. The number of hydrogen-bond donors (Lipinski definition) is 0. The molecular weight excluding hydrogens is 384 g/mol. The van der Waals surface area contributed by atoms with Crippen LogP contribution in [0.1, 0.15) is 42.6 Å². The summed E-state index contributed by atoms with van der Waals surface area (Å²) in [6, 6.07) is 13.6. The standard InChI is InChI=1S/C23H26N2O3S/c1-3-16-7-5-9-20-21(16)24-23(29-20)25(15-19-8-6-14-28-19)22(26)17-10-12-18(13-11-17)27-4-2/h5,7,9-13,19H,3-4,6,8,14-15H2,1-2H3. The molecule has 0 aliphatic carbocycles. The van der Waals surface area contributed by atoms with Crippen molar-refractivity contribution in [1.82, 2.24) is 4.98 Å². The van der Waals surface area contributed by atoms with Gasteiger partial charge in [-0.15, -0.1) is 0 Å². The molecule has 5 nitrogen and oxygen atoms in total. The molecule has 1 atom stereocenters. The maximum absolute atomic E-state index is 13.4. The number of para-hydroxylation sites is 1. The summed E-state index contributed by atoms with van der Waals surface area (Å²) in [7, 11) is 0. The first-order valence-electron chi connectivity index (χ1n) is 10.2. The quantitative estimate of drug-likeness (QED) is 0.545. The first-order valence-corrected chi connectivity index (χ1v) is 11.1.